The molecule has 2 N–H and O–H groups in total. The second-order valence-corrected chi connectivity index (χ2v) is 6.15. The maximum atomic E-state index is 13.6. The van der Waals surface area contributed by atoms with E-state index in [0.717, 1.165) is 17.2 Å². The number of rotatable bonds is 4. The minimum Gasteiger partial charge on any atom is -0.484 e. The van der Waals surface area contributed by atoms with Crippen LogP contribution in [0.4, 0.5) is 4.39 Å². The second-order valence-electron chi connectivity index (χ2n) is 5.24. The predicted octanol–water partition coefficient (Wildman–Crippen LogP) is 3.05. The molecule has 2 amide bonds. The highest BCUT2D eigenvalue weighted by Gasteiger charge is 2.13. The molecule has 0 fully saturated rings. The molecule has 126 valence electrons. The van der Waals surface area contributed by atoms with E-state index in [4.69, 9.17) is 4.74 Å². The molecule has 0 atom stereocenters. The Morgan fingerprint density at radius 3 is 2.42 bits per heavy atom. The lowest BCUT2D eigenvalue weighted by Gasteiger charge is -2.10. The van der Waals surface area contributed by atoms with E-state index in [1.54, 1.807) is 12.1 Å². The Labute approximate surface area is 147 Å². The first kappa shape index (κ1) is 17.9. The molecule has 0 radical (unpaired) electrons. The first-order chi connectivity index (χ1) is 11.3. The number of amides is 2. The minimum atomic E-state index is -0.756. The molecule has 0 aliphatic heterocycles. The summed E-state index contributed by atoms with van der Waals surface area (Å²) >= 11 is 3.15. The van der Waals surface area contributed by atoms with E-state index in [1.165, 1.54) is 12.1 Å². The van der Waals surface area contributed by atoms with Crippen LogP contribution in [0.25, 0.3) is 0 Å². The molecular weight excluding hydrogens is 379 g/mol. The molecular formula is C17H16BrFN2O3. The number of ether oxygens (including phenoxy) is 1. The number of carbonyl (C=O) groups is 2. The van der Waals surface area contributed by atoms with Crippen molar-refractivity contribution in [1.29, 1.82) is 0 Å². The van der Waals surface area contributed by atoms with Gasteiger partial charge in [-0.1, -0.05) is 22.0 Å². The Balaban J connectivity index is 1.86. The maximum absolute atomic E-state index is 13.6. The molecule has 7 heteroatoms. The summed E-state index contributed by atoms with van der Waals surface area (Å²) in [4.78, 5) is 23.6. The van der Waals surface area contributed by atoms with E-state index in [1.807, 2.05) is 19.9 Å². The van der Waals surface area contributed by atoms with E-state index in [0.29, 0.717) is 10.2 Å². The Hall–Kier alpha value is -2.41. The quantitative estimate of drug-likeness (QED) is 0.783. The standard InChI is InChI=1S/C17H16BrFN2O3/c1-10-5-11(2)7-13(6-10)24-9-16(22)20-21-17(23)14-8-12(18)3-4-15(14)19/h3-8H,9H2,1-2H3,(H,20,22)(H,21,23). The SMILES string of the molecule is Cc1cc(C)cc(OCC(=O)NNC(=O)c2cc(Br)ccc2F)c1. The van der Waals surface area contributed by atoms with Crippen LogP contribution in [0.3, 0.4) is 0 Å². The van der Waals surface area contributed by atoms with Crippen LogP contribution >= 0.6 is 15.9 Å². The van der Waals surface area contributed by atoms with Crippen LogP contribution < -0.4 is 15.6 Å². The van der Waals surface area contributed by atoms with Crippen LogP contribution in [0.2, 0.25) is 0 Å². The number of carbonyl (C=O) groups excluding carboxylic acids is 2. The van der Waals surface area contributed by atoms with Crippen LogP contribution in [0.1, 0.15) is 21.5 Å². The third-order valence-corrected chi connectivity index (χ3v) is 3.55. The Morgan fingerprint density at radius 1 is 1.08 bits per heavy atom. The van der Waals surface area contributed by atoms with Gasteiger partial charge in [-0.05, 0) is 55.3 Å². The normalized spacial score (nSPS) is 10.2. The van der Waals surface area contributed by atoms with Crippen LogP contribution in [-0.4, -0.2) is 18.4 Å². The number of halogens is 2. The summed E-state index contributed by atoms with van der Waals surface area (Å²) in [6.07, 6.45) is 0. The summed E-state index contributed by atoms with van der Waals surface area (Å²) < 4.78 is 19.5. The number of aryl methyl sites for hydroxylation is 2. The lowest BCUT2D eigenvalue weighted by molar-refractivity contribution is -0.123. The second kappa shape index (κ2) is 7.92. The topological polar surface area (TPSA) is 67.4 Å². The van der Waals surface area contributed by atoms with E-state index >= 15 is 0 Å². The lowest BCUT2D eigenvalue weighted by Crippen LogP contribution is -2.44. The molecule has 2 aromatic rings. The first-order valence-electron chi connectivity index (χ1n) is 7.10. The fourth-order valence-electron chi connectivity index (χ4n) is 2.07. The van der Waals surface area contributed by atoms with Gasteiger partial charge in [0.25, 0.3) is 11.8 Å². The van der Waals surface area contributed by atoms with Crippen molar-refractivity contribution in [2.45, 2.75) is 13.8 Å². The smallest absolute Gasteiger partial charge is 0.276 e. The highest BCUT2D eigenvalue weighted by Crippen LogP contribution is 2.16. The fourth-order valence-corrected chi connectivity index (χ4v) is 2.43. The molecule has 0 aromatic heterocycles. The molecule has 0 bridgehead atoms. The van der Waals surface area contributed by atoms with Crippen LogP contribution in [0.5, 0.6) is 5.75 Å². The Morgan fingerprint density at radius 2 is 1.75 bits per heavy atom. The Bertz CT molecular complexity index is 760. The van der Waals surface area contributed by atoms with Gasteiger partial charge in [0.15, 0.2) is 6.61 Å². The van der Waals surface area contributed by atoms with Gasteiger partial charge in [0.05, 0.1) is 5.56 Å². The monoisotopic (exact) mass is 394 g/mol. The highest BCUT2D eigenvalue weighted by atomic mass is 79.9. The zero-order chi connectivity index (χ0) is 17.7. The molecule has 2 rings (SSSR count). The average molecular weight is 395 g/mol. The Kier molecular flexibility index (Phi) is 5.92. The third-order valence-electron chi connectivity index (χ3n) is 3.05. The minimum absolute atomic E-state index is 0.181. The number of benzene rings is 2. The summed E-state index contributed by atoms with van der Waals surface area (Å²) in [5.41, 5.74) is 6.18. The van der Waals surface area contributed by atoms with Crippen molar-refractivity contribution < 1.29 is 18.7 Å². The van der Waals surface area contributed by atoms with Gasteiger partial charge in [0.1, 0.15) is 11.6 Å². The molecule has 2 aromatic carbocycles. The molecule has 0 aliphatic rings. The summed E-state index contributed by atoms with van der Waals surface area (Å²) in [7, 11) is 0. The van der Waals surface area contributed by atoms with Crippen LogP contribution in [0.15, 0.2) is 40.9 Å². The van der Waals surface area contributed by atoms with Crippen molar-refractivity contribution in [1.82, 2.24) is 10.9 Å². The van der Waals surface area contributed by atoms with Crippen LogP contribution in [-0.2, 0) is 4.79 Å². The molecule has 0 heterocycles. The predicted molar refractivity (Wildman–Crippen MR) is 91.1 cm³/mol. The van der Waals surface area contributed by atoms with Gasteiger partial charge in [0, 0.05) is 4.47 Å². The van der Waals surface area contributed by atoms with Crippen molar-refractivity contribution in [3.05, 3.63) is 63.4 Å². The number of nitrogens with one attached hydrogen (secondary N) is 2. The molecule has 24 heavy (non-hydrogen) atoms. The van der Waals surface area contributed by atoms with Gasteiger partial charge in [0.2, 0.25) is 0 Å². The summed E-state index contributed by atoms with van der Waals surface area (Å²) in [6, 6.07) is 9.54. The lowest BCUT2D eigenvalue weighted by atomic mass is 10.1. The van der Waals surface area contributed by atoms with Gasteiger partial charge in [-0.2, -0.15) is 0 Å². The average Bonchev–Trinajstić information content (AvgIpc) is 2.52. The summed E-state index contributed by atoms with van der Waals surface area (Å²) in [6.45, 7) is 3.57. The van der Waals surface area contributed by atoms with Crippen molar-refractivity contribution in [3.8, 4) is 5.75 Å². The first-order valence-corrected chi connectivity index (χ1v) is 7.90. The molecule has 0 aliphatic carbocycles. The molecule has 0 saturated heterocycles. The zero-order valence-electron chi connectivity index (χ0n) is 13.2. The van der Waals surface area contributed by atoms with Gasteiger partial charge in [-0.3, -0.25) is 20.4 Å². The number of hydrogen-bond acceptors (Lipinski definition) is 3. The van der Waals surface area contributed by atoms with E-state index in [2.05, 4.69) is 26.8 Å². The molecule has 5 nitrogen and oxygen atoms in total. The van der Waals surface area contributed by atoms with Gasteiger partial charge in [-0.15, -0.1) is 0 Å². The highest BCUT2D eigenvalue weighted by molar-refractivity contribution is 9.10. The van der Waals surface area contributed by atoms with E-state index in [9.17, 15) is 14.0 Å². The summed E-state index contributed by atoms with van der Waals surface area (Å²) in [5, 5.41) is 0. The van der Waals surface area contributed by atoms with Crippen molar-refractivity contribution in [3.63, 3.8) is 0 Å². The van der Waals surface area contributed by atoms with E-state index < -0.39 is 17.6 Å². The fraction of sp³-hybridized carbons (Fsp3) is 0.176. The third kappa shape index (κ3) is 5.06. The van der Waals surface area contributed by atoms with Crippen LogP contribution in [0, 0.1) is 19.7 Å². The van der Waals surface area contributed by atoms with Gasteiger partial charge in [-0.25, -0.2) is 4.39 Å². The zero-order valence-corrected chi connectivity index (χ0v) is 14.7. The van der Waals surface area contributed by atoms with Crippen molar-refractivity contribution >= 4 is 27.7 Å². The van der Waals surface area contributed by atoms with Crippen molar-refractivity contribution in [2.75, 3.05) is 6.61 Å². The summed E-state index contributed by atoms with van der Waals surface area (Å²) in [5.74, 6) is -1.44. The van der Waals surface area contributed by atoms with Crippen molar-refractivity contribution in [2.24, 2.45) is 0 Å². The molecule has 0 spiro atoms. The largest absolute Gasteiger partial charge is 0.484 e. The van der Waals surface area contributed by atoms with E-state index in [-0.39, 0.29) is 12.2 Å². The number of hydrazine groups is 1. The number of hydrogen-bond donors (Lipinski definition) is 2. The molecule has 0 saturated carbocycles. The maximum Gasteiger partial charge on any atom is 0.276 e. The van der Waals surface area contributed by atoms with Gasteiger partial charge >= 0.3 is 0 Å². The van der Waals surface area contributed by atoms with Gasteiger partial charge < -0.3 is 4.74 Å². The molecule has 0 unspecified atom stereocenters.